The van der Waals surface area contributed by atoms with Crippen molar-refractivity contribution in [2.75, 3.05) is 20.6 Å². The molecule has 0 bridgehead atoms. The molecule has 130 valence electrons. The SMILES string of the molecule is C[C@@H](NC(=O)NC[C@H](c1cnn(C)c1)N(C)C)c1cccc(Cl)c1. The number of aromatic nitrogens is 2. The first-order valence-corrected chi connectivity index (χ1v) is 8.19. The number of urea groups is 1. The van der Waals surface area contributed by atoms with Crippen molar-refractivity contribution >= 4 is 17.6 Å². The molecule has 24 heavy (non-hydrogen) atoms. The normalized spacial score (nSPS) is 13.6. The second-order valence-corrected chi connectivity index (χ2v) is 6.49. The van der Waals surface area contributed by atoms with Crippen molar-refractivity contribution in [3.8, 4) is 0 Å². The predicted molar refractivity (Wildman–Crippen MR) is 96.0 cm³/mol. The monoisotopic (exact) mass is 349 g/mol. The van der Waals surface area contributed by atoms with Crippen molar-refractivity contribution in [1.82, 2.24) is 25.3 Å². The molecule has 6 nitrogen and oxygen atoms in total. The number of nitrogens with zero attached hydrogens (tertiary/aromatic N) is 3. The summed E-state index contributed by atoms with van der Waals surface area (Å²) in [6.45, 7) is 2.42. The molecule has 0 radical (unpaired) electrons. The molecule has 2 atom stereocenters. The molecular formula is C17H24ClN5O. The van der Waals surface area contributed by atoms with Crippen LogP contribution in [0.15, 0.2) is 36.7 Å². The summed E-state index contributed by atoms with van der Waals surface area (Å²) in [7, 11) is 5.83. The van der Waals surface area contributed by atoms with Crippen LogP contribution in [0, 0.1) is 0 Å². The molecule has 0 spiro atoms. The van der Waals surface area contributed by atoms with Crippen molar-refractivity contribution in [2.24, 2.45) is 7.05 Å². The summed E-state index contributed by atoms with van der Waals surface area (Å²) in [5.41, 5.74) is 2.03. The molecule has 0 fully saturated rings. The van der Waals surface area contributed by atoms with Gasteiger partial charge in [0.25, 0.3) is 0 Å². The highest BCUT2D eigenvalue weighted by atomic mass is 35.5. The third kappa shape index (κ3) is 4.97. The lowest BCUT2D eigenvalue weighted by Gasteiger charge is -2.24. The average molecular weight is 350 g/mol. The number of benzene rings is 1. The number of rotatable bonds is 6. The van der Waals surface area contributed by atoms with Gasteiger partial charge in [0.15, 0.2) is 0 Å². The highest BCUT2D eigenvalue weighted by molar-refractivity contribution is 6.30. The Bertz CT molecular complexity index is 685. The number of hydrogen-bond acceptors (Lipinski definition) is 3. The Morgan fingerprint density at radius 1 is 1.38 bits per heavy atom. The first-order chi connectivity index (χ1) is 11.4. The van der Waals surface area contributed by atoms with Crippen LogP contribution >= 0.6 is 11.6 Å². The van der Waals surface area contributed by atoms with Crippen LogP contribution in [-0.4, -0.2) is 41.4 Å². The minimum Gasteiger partial charge on any atom is -0.336 e. The van der Waals surface area contributed by atoms with E-state index in [-0.39, 0.29) is 18.1 Å². The van der Waals surface area contributed by atoms with Gasteiger partial charge in [-0.3, -0.25) is 4.68 Å². The Kier molecular flexibility index (Phi) is 6.23. The fourth-order valence-corrected chi connectivity index (χ4v) is 2.71. The van der Waals surface area contributed by atoms with Crippen LogP contribution in [-0.2, 0) is 7.05 Å². The first kappa shape index (κ1) is 18.3. The zero-order valence-corrected chi connectivity index (χ0v) is 15.2. The molecule has 7 heteroatoms. The summed E-state index contributed by atoms with van der Waals surface area (Å²) in [6, 6.07) is 7.20. The van der Waals surface area contributed by atoms with Gasteiger partial charge in [0.1, 0.15) is 0 Å². The van der Waals surface area contributed by atoms with E-state index in [9.17, 15) is 4.79 Å². The van der Waals surface area contributed by atoms with E-state index in [1.54, 1.807) is 4.68 Å². The first-order valence-electron chi connectivity index (χ1n) is 7.81. The van der Waals surface area contributed by atoms with Gasteiger partial charge < -0.3 is 15.5 Å². The largest absolute Gasteiger partial charge is 0.336 e. The van der Waals surface area contributed by atoms with E-state index in [1.165, 1.54) is 0 Å². The van der Waals surface area contributed by atoms with E-state index in [0.717, 1.165) is 11.1 Å². The number of nitrogens with one attached hydrogen (secondary N) is 2. The molecule has 2 amide bonds. The third-order valence-corrected chi connectivity index (χ3v) is 4.12. The Balaban J connectivity index is 1.91. The van der Waals surface area contributed by atoms with Crippen LogP contribution in [0.1, 0.15) is 30.1 Å². The van der Waals surface area contributed by atoms with Gasteiger partial charge in [-0.2, -0.15) is 5.10 Å². The molecular weight excluding hydrogens is 326 g/mol. The molecule has 0 aliphatic heterocycles. The predicted octanol–water partition coefficient (Wildman–Crippen LogP) is 2.74. The molecule has 0 saturated heterocycles. The highest BCUT2D eigenvalue weighted by Gasteiger charge is 2.17. The lowest BCUT2D eigenvalue weighted by Crippen LogP contribution is -2.41. The Morgan fingerprint density at radius 2 is 2.12 bits per heavy atom. The molecule has 1 heterocycles. The molecule has 0 saturated carbocycles. The third-order valence-electron chi connectivity index (χ3n) is 3.89. The number of likely N-dealkylation sites (N-methyl/N-ethyl adjacent to an activating group) is 1. The van der Waals surface area contributed by atoms with E-state index < -0.39 is 0 Å². The number of carbonyl (C=O) groups is 1. The molecule has 2 rings (SSSR count). The number of aryl methyl sites for hydroxylation is 1. The number of halogens is 1. The second-order valence-electron chi connectivity index (χ2n) is 6.06. The van der Waals surface area contributed by atoms with Crippen molar-refractivity contribution in [2.45, 2.75) is 19.0 Å². The smallest absolute Gasteiger partial charge is 0.315 e. The van der Waals surface area contributed by atoms with Crippen molar-refractivity contribution in [3.63, 3.8) is 0 Å². The fraction of sp³-hybridized carbons (Fsp3) is 0.412. The Hall–Kier alpha value is -2.05. The lowest BCUT2D eigenvalue weighted by atomic mass is 10.1. The summed E-state index contributed by atoms with van der Waals surface area (Å²) in [6.07, 6.45) is 3.78. The highest BCUT2D eigenvalue weighted by Crippen LogP contribution is 2.18. The van der Waals surface area contributed by atoms with E-state index >= 15 is 0 Å². The van der Waals surface area contributed by atoms with Gasteiger partial charge in [0, 0.05) is 30.4 Å². The van der Waals surface area contributed by atoms with Crippen LogP contribution in [0.2, 0.25) is 5.02 Å². The Morgan fingerprint density at radius 3 is 2.71 bits per heavy atom. The quantitative estimate of drug-likeness (QED) is 0.843. The summed E-state index contributed by atoms with van der Waals surface area (Å²) in [4.78, 5) is 14.2. The lowest BCUT2D eigenvalue weighted by molar-refractivity contribution is 0.230. The maximum Gasteiger partial charge on any atom is 0.315 e. The Labute approximate surface area is 147 Å². The fourth-order valence-electron chi connectivity index (χ4n) is 2.51. The molecule has 0 aliphatic carbocycles. The van der Waals surface area contributed by atoms with Crippen LogP contribution in [0.3, 0.4) is 0 Å². The molecule has 0 aliphatic rings. The van der Waals surface area contributed by atoms with Gasteiger partial charge in [-0.1, -0.05) is 23.7 Å². The number of carbonyl (C=O) groups excluding carboxylic acids is 1. The summed E-state index contributed by atoms with van der Waals surface area (Å²) >= 11 is 5.99. The summed E-state index contributed by atoms with van der Waals surface area (Å²) in [5, 5.41) is 10.7. The summed E-state index contributed by atoms with van der Waals surface area (Å²) in [5.74, 6) is 0. The minimum atomic E-state index is -0.210. The number of hydrogen-bond donors (Lipinski definition) is 2. The van der Waals surface area contributed by atoms with Gasteiger partial charge in [-0.15, -0.1) is 0 Å². The van der Waals surface area contributed by atoms with E-state index in [1.807, 2.05) is 64.7 Å². The van der Waals surface area contributed by atoms with E-state index in [2.05, 4.69) is 20.6 Å². The van der Waals surface area contributed by atoms with Crippen molar-refractivity contribution in [1.29, 1.82) is 0 Å². The minimum absolute atomic E-state index is 0.0610. The van der Waals surface area contributed by atoms with Gasteiger partial charge in [-0.25, -0.2) is 4.79 Å². The maximum absolute atomic E-state index is 12.2. The summed E-state index contributed by atoms with van der Waals surface area (Å²) < 4.78 is 1.76. The van der Waals surface area contributed by atoms with Crippen LogP contribution in [0.25, 0.3) is 0 Å². The zero-order chi connectivity index (χ0) is 17.7. The molecule has 2 N–H and O–H groups in total. The van der Waals surface area contributed by atoms with Gasteiger partial charge in [-0.05, 0) is 38.7 Å². The zero-order valence-electron chi connectivity index (χ0n) is 14.5. The van der Waals surface area contributed by atoms with E-state index in [4.69, 9.17) is 11.6 Å². The van der Waals surface area contributed by atoms with Crippen molar-refractivity contribution < 1.29 is 4.79 Å². The standard InChI is InChI=1S/C17H24ClN5O/c1-12(13-6-5-7-15(18)8-13)21-17(24)19-10-16(22(2)3)14-9-20-23(4)11-14/h5-9,11-12,16H,10H2,1-4H3,(H2,19,21,24)/t12-,16-/m1/s1. The molecule has 1 aromatic carbocycles. The molecule has 1 aromatic heterocycles. The van der Waals surface area contributed by atoms with Gasteiger partial charge >= 0.3 is 6.03 Å². The van der Waals surface area contributed by atoms with Crippen LogP contribution in [0.4, 0.5) is 4.79 Å². The maximum atomic E-state index is 12.2. The molecule has 2 aromatic rings. The average Bonchev–Trinajstić information content (AvgIpc) is 2.93. The number of amides is 2. The van der Waals surface area contributed by atoms with Crippen molar-refractivity contribution in [3.05, 3.63) is 52.8 Å². The topological polar surface area (TPSA) is 62.2 Å². The molecule has 0 unspecified atom stereocenters. The van der Waals surface area contributed by atoms with Gasteiger partial charge in [0.05, 0.1) is 18.3 Å². The van der Waals surface area contributed by atoms with E-state index in [0.29, 0.717) is 11.6 Å². The van der Waals surface area contributed by atoms with Crippen LogP contribution in [0.5, 0.6) is 0 Å². The van der Waals surface area contributed by atoms with Gasteiger partial charge in [0.2, 0.25) is 0 Å². The second kappa shape index (κ2) is 8.17. The van der Waals surface area contributed by atoms with Crippen LogP contribution < -0.4 is 10.6 Å².